The summed E-state index contributed by atoms with van der Waals surface area (Å²) in [6.45, 7) is 5.76. The zero-order valence-electron chi connectivity index (χ0n) is 21.3. The highest BCUT2D eigenvalue weighted by Gasteiger charge is 2.38. The van der Waals surface area contributed by atoms with Crippen LogP contribution >= 0.6 is 0 Å². The first-order chi connectivity index (χ1) is 17.8. The van der Waals surface area contributed by atoms with Crippen LogP contribution in [0.15, 0.2) is 64.0 Å². The predicted octanol–water partition coefficient (Wildman–Crippen LogP) is 4.88. The number of sulfonamides is 1. The van der Waals surface area contributed by atoms with Gasteiger partial charge in [-0.1, -0.05) is 71.4 Å². The van der Waals surface area contributed by atoms with Crippen LogP contribution in [0.3, 0.4) is 0 Å². The Balaban J connectivity index is 1.23. The molecule has 5 rings (SSSR count). The van der Waals surface area contributed by atoms with Gasteiger partial charge in [0, 0.05) is 38.0 Å². The van der Waals surface area contributed by atoms with Crippen molar-refractivity contribution in [1.29, 1.82) is 0 Å². The minimum atomic E-state index is -3.80. The molecule has 0 aliphatic carbocycles. The van der Waals surface area contributed by atoms with Crippen LogP contribution in [0, 0.1) is 19.8 Å². The fourth-order valence-corrected chi connectivity index (χ4v) is 7.06. The van der Waals surface area contributed by atoms with Crippen LogP contribution in [0.4, 0.5) is 0 Å². The SMILES string of the molecule is Cc1ccc(/C=C/c2onc(C)c2S(=O)(=O)N2CCC(C(=O)N3CC[C@H](c4ccccc4)C3)CC2)cc1. The number of aryl methyl sites for hydroxylation is 2. The first-order valence-corrected chi connectivity index (χ1v) is 14.3. The van der Waals surface area contributed by atoms with Crippen molar-refractivity contribution in [3.63, 3.8) is 0 Å². The highest BCUT2D eigenvalue weighted by molar-refractivity contribution is 7.89. The van der Waals surface area contributed by atoms with E-state index >= 15 is 0 Å². The molecule has 1 amide bonds. The molecule has 0 unspecified atom stereocenters. The number of aromatic nitrogens is 1. The van der Waals surface area contributed by atoms with Gasteiger partial charge in [0.25, 0.3) is 0 Å². The molecule has 2 fully saturated rings. The number of nitrogens with zero attached hydrogens (tertiary/aromatic N) is 3. The molecule has 0 N–H and O–H groups in total. The molecule has 37 heavy (non-hydrogen) atoms. The van der Waals surface area contributed by atoms with Gasteiger partial charge in [0.15, 0.2) is 10.7 Å². The number of benzene rings is 2. The minimum absolute atomic E-state index is 0.103. The molecule has 3 aromatic rings. The first kappa shape index (κ1) is 25.4. The quantitative estimate of drug-likeness (QED) is 0.464. The van der Waals surface area contributed by atoms with Gasteiger partial charge in [-0.3, -0.25) is 4.79 Å². The molecule has 2 aliphatic heterocycles. The summed E-state index contributed by atoms with van der Waals surface area (Å²) in [7, 11) is -3.80. The van der Waals surface area contributed by atoms with E-state index in [1.165, 1.54) is 9.87 Å². The Morgan fingerprint density at radius 1 is 0.946 bits per heavy atom. The van der Waals surface area contributed by atoms with Crippen LogP contribution in [0.5, 0.6) is 0 Å². The van der Waals surface area contributed by atoms with Gasteiger partial charge in [-0.25, -0.2) is 8.42 Å². The maximum Gasteiger partial charge on any atom is 0.248 e. The van der Waals surface area contributed by atoms with Gasteiger partial charge in [-0.05, 0) is 50.3 Å². The highest BCUT2D eigenvalue weighted by atomic mass is 32.2. The van der Waals surface area contributed by atoms with E-state index in [1.54, 1.807) is 13.0 Å². The summed E-state index contributed by atoms with van der Waals surface area (Å²) >= 11 is 0. The number of carbonyl (C=O) groups excluding carboxylic acids is 1. The zero-order chi connectivity index (χ0) is 26.0. The summed E-state index contributed by atoms with van der Waals surface area (Å²) in [4.78, 5) is 15.3. The second-order valence-corrected chi connectivity index (χ2v) is 11.9. The molecule has 0 radical (unpaired) electrons. The lowest BCUT2D eigenvalue weighted by atomic mass is 9.96. The summed E-state index contributed by atoms with van der Waals surface area (Å²) in [6.07, 6.45) is 5.48. The van der Waals surface area contributed by atoms with Crippen molar-refractivity contribution in [2.45, 2.75) is 43.9 Å². The fraction of sp³-hybridized carbons (Fsp3) is 0.379. The van der Waals surface area contributed by atoms with Gasteiger partial charge in [0.2, 0.25) is 15.9 Å². The fourth-order valence-electron chi connectivity index (χ4n) is 5.34. The standard InChI is InChI=1S/C29H33N3O4S/c1-21-8-10-23(11-9-21)12-13-27-28(22(2)30-36-27)37(34,35)32-18-15-25(16-19-32)29(33)31-17-14-26(20-31)24-6-4-3-5-7-24/h3-13,25-26H,14-20H2,1-2H3/b13-12+/t26-/m0/s1. The number of hydrogen-bond acceptors (Lipinski definition) is 5. The van der Waals surface area contributed by atoms with Crippen molar-refractivity contribution in [3.8, 4) is 0 Å². The molecule has 2 saturated heterocycles. The maximum atomic E-state index is 13.6. The molecule has 0 spiro atoms. The minimum Gasteiger partial charge on any atom is -0.355 e. The smallest absolute Gasteiger partial charge is 0.248 e. The van der Waals surface area contributed by atoms with E-state index in [1.807, 2.05) is 60.4 Å². The molecule has 1 atom stereocenters. The van der Waals surface area contributed by atoms with Gasteiger partial charge in [-0.2, -0.15) is 4.31 Å². The summed E-state index contributed by atoms with van der Waals surface area (Å²) in [5, 5.41) is 3.94. The van der Waals surface area contributed by atoms with Crippen molar-refractivity contribution in [1.82, 2.24) is 14.4 Å². The Labute approximate surface area is 218 Å². The molecular formula is C29H33N3O4S. The lowest BCUT2D eigenvalue weighted by Crippen LogP contribution is -2.44. The van der Waals surface area contributed by atoms with E-state index in [2.05, 4.69) is 17.3 Å². The lowest BCUT2D eigenvalue weighted by Gasteiger charge is -2.32. The molecule has 2 aliphatic rings. The van der Waals surface area contributed by atoms with Gasteiger partial charge >= 0.3 is 0 Å². The lowest BCUT2D eigenvalue weighted by molar-refractivity contribution is -0.135. The number of carbonyl (C=O) groups is 1. The number of amides is 1. The van der Waals surface area contributed by atoms with Crippen LogP contribution in [-0.4, -0.2) is 54.9 Å². The number of piperidine rings is 1. The van der Waals surface area contributed by atoms with Crippen molar-refractivity contribution in [3.05, 3.63) is 82.7 Å². The largest absolute Gasteiger partial charge is 0.355 e. The normalized spacial score (nSPS) is 19.6. The van der Waals surface area contributed by atoms with Gasteiger partial charge < -0.3 is 9.42 Å². The van der Waals surface area contributed by atoms with E-state index in [9.17, 15) is 13.2 Å². The highest BCUT2D eigenvalue weighted by Crippen LogP contribution is 2.32. The van der Waals surface area contributed by atoms with Crippen LogP contribution in [0.1, 0.15) is 53.3 Å². The molecule has 3 heterocycles. The Morgan fingerprint density at radius 3 is 2.35 bits per heavy atom. The van der Waals surface area contributed by atoms with Crippen LogP contribution in [0.25, 0.3) is 12.2 Å². The van der Waals surface area contributed by atoms with Crippen LogP contribution < -0.4 is 0 Å². The maximum absolute atomic E-state index is 13.6. The molecule has 7 nitrogen and oxygen atoms in total. The molecule has 194 valence electrons. The molecule has 1 aromatic heterocycles. The van der Waals surface area contributed by atoms with Crippen molar-refractivity contribution < 1.29 is 17.7 Å². The summed E-state index contributed by atoms with van der Waals surface area (Å²) in [5.41, 5.74) is 3.71. The summed E-state index contributed by atoms with van der Waals surface area (Å²) in [5.74, 6) is 0.595. The van der Waals surface area contributed by atoms with E-state index in [-0.39, 0.29) is 22.5 Å². The summed E-state index contributed by atoms with van der Waals surface area (Å²) in [6, 6.07) is 18.3. The monoisotopic (exact) mass is 519 g/mol. The molecule has 8 heteroatoms. The van der Waals surface area contributed by atoms with Gasteiger partial charge in [-0.15, -0.1) is 0 Å². The van der Waals surface area contributed by atoms with E-state index < -0.39 is 10.0 Å². The predicted molar refractivity (Wildman–Crippen MR) is 143 cm³/mol. The average molecular weight is 520 g/mol. The van der Waals surface area contributed by atoms with E-state index in [0.29, 0.717) is 37.5 Å². The number of rotatable bonds is 6. The van der Waals surface area contributed by atoms with Gasteiger partial charge in [0.1, 0.15) is 5.69 Å². The Kier molecular flexibility index (Phi) is 7.31. The van der Waals surface area contributed by atoms with Crippen molar-refractivity contribution in [2.75, 3.05) is 26.2 Å². The van der Waals surface area contributed by atoms with Gasteiger partial charge in [0.05, 0.1) is 0 Å². The molecule has 0 saturated carbocycles. The Bertz CT molecular complexity index is 1370. The van der Waals surface area contributed by atoms with Crippen molar-refractivity contribution in [2.24, 2.45) is 5.92 Å². The molecule has 2 aromatic carbocycles. The molecule has 0 bridgehead atoms. The third kappa shape index (κ3) is 5.40. The Hall–Kier alpha value is -3.23. The van der Waals surface area contributed by atoms with Crippen molar-refractivity contribution >= 4 is 28.1 Å². The van der Waals surface area contributed by atoms with Crippen LogP contribution in [-0.2, 0) is 14.8 Å². The third-order valence-electron chi connectivity index (χ3n) is 7.51. The second-order valence-electron chi connectivity index (χ2n) is 10.1. The third-order valence-corrected chi connectivity index (χ3v) is 9.57. The Morgan fingerprint density at radius 2 is 1.65 bits per heavy atom. The van der Waals surface area contributed by atoms with E-state index in [0.717, 1.165) is 30.6 Å². The van der Waals surface area contributed by atoms with Crippen LogP contribution in [0.2, 0.25) is 0 Å². The second kappa shape index (κ2) is 10.6. The first-order valence-electron chi connectivity index (χ1n) is 12.9. The zero-order valence-corrected chi connectivity index (χ0v) is 22.2. The topological polar surface area (TPSA) is 83.7 Å². The summed E-state index contributed by atoms with van der Waals surface area (Å²) < 4.78 is 34.0. The average Bonchev–Trinajstić information content (AvgIpc) is 3.56. The number of hydrogen-bond donors (Lipinski definition) is 0. The molecular weight excluding hydrogens is 486 g/mol. The number of likely N-dealkylation sites (tertiary alicyclic amines) is 1. The van der Waals surface area contributed by atoms with E-state index in [4.69, 9.17) is 4.52 Å².